The lowest BCUT2D eigenvalue weighted by atomic mass is 10.2. The number of hydrogen-bond acceptors (Lipinski definition) is 5. The summed E-state index contributed by atoms with van der Waals surface area (Å²) < 4.78 is 0. The van der Waals surface area contributed by atoms with Crippen LogP contribution in [0.2, 0.25) is 0 Å². The summed E-state index contributed by atoms with van der Waals surface area (Å²) in [4.78, 5) is 30.1. The average molecular weight is 342 g/mol. The smallest absolute Gasteiger partial charge is 0.264 e. The van der Waals surface area contributed by atoms with Crippen LogP contribution in [0.25, 0.3) is 0 Å². The molecule has 0 aromatic carbocycles. The van der Waals surface area contributed by atoms with Gasteiger partial charge in [0.15, 0.2) is 0 Å². The van der Waals surface area contributed by atoms with Crippen LogP contribution in [-0.4, -0.2) is 65.8 Å². The van der Waals surface area contributed by atoms with Crippen molar-refractivity contribution in [3.8, 4) is 0 Å². The molecule has 1 atom stereocenters. The van der Waals surface area contributed by atoms with Crippen molar-refractivity contribution < 1.29 is 9.59 Å². The van der Waals surface area contributed by atoms with E-state index in [1.807, 2.05) is 30.2 Å². The standard InChI is InChI=1S/C15H23N3O2S2/c1-11-3-4-13(22-11)15(20)18-8-6-17(7-9-18)14(19)12(16)5-10-21-2/h3-4,12H,5-10,16H2,1-2H3/t12-/m0/s1. The highest BCUT2D eigenvalue weighted by molar-refractivity contribution is 7.98. The normalized spacial score (nSPS) is 16.7. The fraction of sp³-hybridized carbons (Fsp3) is 0.600. The molecule has 0 spiro atoms. The Morgan fingerprint density at radius 2 is 1.91 bits per heavy atom. The molecule has 0 saturated carbocycles. The molecule has 1 fully saturated rings. The maximum absolute atomic E-state index is 12.4. The van der Waals surface area contributed by atoms with Gasteiger partial charge in [0.1, 0.15) is 0 Å². The molecular formula is C15H23N3O2S2. The zero-order valence-electron chi connectivity index (χ0n) is 13.1. The second-order valence-corrected chi connectivity index (χ2v) is 7.69. The van der Waals surface area contributed by atoms with Crippen molar-refractivity contribution >= 4 is 34.9 Å². The molecule has 122 valence electrons. The van der Waals surface area contributed by atoms with Gasteiger partial charge in [-0.1, -0.05) is 0 Å². The number of hydrogen-bond donors (Lipinski definition) is 1. The van der Waals surface area contributed by atoms with Crippen LogP contribution in [0.15, 0.2) is 12.1 Å². The van der Waals surface area contributed by atoms with Gasteiger partial charge in [-0.25, -0.2) is 0 Å². The summed E-state index contributed by atoms with van der Waals surface area (Å²) in [5.41, 5.74) is 5.94. The molecule has 1 aromatic rings. The minimum Gasteiger partial charge on any atom is -0.338 e. The van der Waals surface area contributed by atoms with Gasteiger partial charge in [0.05, 0.1) is 10.9 Å². The van der Waals surface area contributed by atoms with Crippen LogP contribution in [-0.2, 0) is 4.79 Å². The maximum Gasteiger partial charge on any atom is 0.264 e. The van der Waals surface area contributed by atoms with Crippen molar-refractivity contribution in [2.75, 3.05) is 38.2 Å². The molecule has 2 N–H and O–H groups in total. The summed E-state index contributed by atoms with van der Waals surface area (Å²) in [5.74, 6) is 0.966. The third kappa shape index (κ3) is 4.24. The van der Waals surface area contributed by atoms with Gasteiger partial charge in [0, 0.05) is 31.1 Å². The van der Waals surface area contributed by atoms with Crippen LogP contribution in [0.1, 0.15) is 21.0 Å². The molecule has 22 heavy (non-hydrogen) atoms. The van der Waals surface area contributed by atoms with Gasteiger partial charge in [-0.2, -0.15) is 11.8 Å². The van der Waals surface area contributed by atoms with Crippen molar-refractivity contribution in [1.82, 2.24) is 9.80 Å². The van der Waals surface area contributed by atoms with Gasteiger partial charge >= 0.3 is 0 Å². The predicted octanol–water partition coefficient (Wildman–Crippen LogP) is 1.42. The first kappa shape index (κ1) is 17.3. The van der Waals surface area contributed by atoms with Crippen LogP contribution in [0.5, 0.6) is 0 Å². The lowest BCUT2D eigenvalue weighted by Gasteiger charge is -2.35. The Kier molecular flexibility index (Phi) is 6.28. The van der Waals surface area contributed by atoms with Crippen LogP contribution >= 0.6 is 23.1 Å². The SMILES string of the molecule is CSCC[C@H](N)C(=O)N1CCN(C(=O)c2ccc(C)s2)CC1. The molecule has 0 bridgehead atoms. The Morgan fingerprint density at radius 3 is 2.45 bits per heavy atom. The molecule has 0 radical (unpaired) electrons. The molecule has 1 aromatic heterocycles. The van der Waals surface area contributed by atoms with Crippen molar-refractivity contribution in [1.29, 1.82) is 0 Å². The van der Waals surface area contributed by atoms with Gasteiger partial charge in [-0.15, -0.1) is 11.3 Å². The Bertz CT molecular complexity index is 525. The number of aryl methyl sites for hydroxylation is 1. The first-order chi connectivity index (χ1) is 10.5. The average Bonchev–Trinajstić information content (AvgIpc) is 2.97. The van der Waals surface area contributed by atoms with E-state index in [-0.39, 0.29) is 11.8 Å². The van der Waals surface area contributed by atoms with Crippen LogP contribution in [0, 0.1) is 6.92 Å². The van der Waals surface area contributed by atoms with Gasteiger partial charge in [0.25, 0.3) is 5.91 Å². The Morgan fingerprint density at radius 1 is 1.27 bits per heavy atom. The molecule has 2 amide bonds. The molecular weight excluding hydrogens is 318 g/mol. The first-order valence-corrected chi connectivity index (χ1v) is 9.63. The third-order valence-electron chi connectivity index (χ3n) is 3.78. The molecule has 0 aliphatic carbocycles. The highest BCUT2D eigenvalue weighted by atomic mass is 32.2. The van der Waals surface area contributed by atoms with Gasteiger partial charge in [-0.05, 0) is 37.5 Å². The van der Waals surface area contributed by atoms with E-state index >= 15 is 0 Å². The number of rotatable bonds is 5. The van der Waals surface area contributed by atoms with Crippen molar-refractivity contribution in [2.24, 2.45) is 5.73 Å². The Labute approximate surface area is 139 Å². The van der Waals surface area contributed by atoms with Crippen LogP contribution in [0.3, 0.4) is 0 Å². The van der Waals surface area contributed by atoms with E-state index in [1.165, 1.54) is 11.3 Å². The summed E-state index contributed by atoms with van der Waals surface area (Å²) in [6.07, 6.45) is 2.71. The van der Waals surface area contributed by atoms with E-state index in [0.717, 1.165) is 15.5 Å². The lowest BCUT2D eigenvalue weighted by molar-refractivity contribution is -0.134. The Hall–Kier alpha value is -1.05. The lowest BCUT2D eigenvalue weighted by Crippen LogP contribution is -2.54. The fourth-order valence-electron chi connectivity index (χ4n) is 2.44. The summed E-state index contributed by atoms with van der Waals surface area (Å²) in [6, 6.07) is 3.41. The third-order valence-corrected chi connectivity index (χ3v) is 5.41. The molecule has 1 aliphatic heterocycles. The molecule has 2 rings (SSSR count). The second-order valence-electron chi connectivity index (χ2n) is 5.42. The topological polar surface area (TPSA) is 66.6 Å². The second kappa shape index (κ2) is 7.99. The predicted molar refractivity (Wildman–Crippen MR) is 92.5 cm³/mol. The monoisotopic (exact) mass is 341 g/mol. The van der Waals surface area contributed by atoms with E-state index < -0.39 is 6.04 Å². The highest BCUT2D eigenvalue weighted by Gasteiger charge is 2.27. The number of nitrogens with zero attached hydrogens (tertiary/aromatic N) is 2. The van der Waals surface area contributed by atoms with Crippen LogP contribution in [0.4, 0.5) is 0 Å². The molecule has 7 heteroatoms. The zero-order valence-corrected chi connectivity index (χ0v) is 14.7. The van der Waals surface area contributed by atoms with Crippen molar-refractivity contribution in [3.05, 3.63) is 21.9 Å². The molecule has 1 saturated heterocycles. The summed E-state index contributed by atoms with van der Waals surface area (Å²) in [6.45, 7) is 4.30. The number of piperazine rings is 1. The summed E-state index contributed by atoms with van der Waals surface area (Å²) in [7, 11) is 0. The number of amides is 2. The quantitative estimate of drug-likeness (QED) is 0.880. The van der Waals surface area contributed by atoms with Gasteiger partial charge < -0.3 is 15.5 Å². The minimum absolute atomic E-state index is 0.00752. The number of carbonyl (C=O) groups is 2. The molecule has 1 aliphatic rings. The first-order valence-electron chi connectivity index (χ1n) is 7.42. The summed E-state index contributed by atoms with van der Waals surface area (Å²) >= 11 is 3.21. The number of carbonyl (C=O) groups excluding carboxylic acids is 2. The van der Waals surface area contributed by atoms with Gasteiger partial charge in [0.2, 0.25) is 5.91 Å². The maximum atomic E-state index is 12.4. The number of thiophene rings is 1. The molecule has 0 unspecified atom stereocenters. The minimum atomic E-state index is -0.422. The Balaban J connectivity index is 1.85. The number of thioether (sulfide) groups is 1. The van der Waals surface area contributed by atoms with E-state index in [2.05, 4.69) is 0 Å². The van der Waals surface area contributed by atoms with Crippen LogP contribution < -0.4 is 5.73 Å². The largest absolute Gasteiger partial charge is 0.338 e. The van der Waals surface area contributed by atoms with Crippen molar-refractivity contribution in [3.63, 3.8) is 0 Å². The van der Waals surface area contributed by atoms with E-state index in [9.17, 15) is 9.59 Å². The summed E-state index contributed by atoms with van der Waals surface area (Å²) in [5, 5.41) is 0. The zero-order chi connectivity index (χ0) is 16.1. The molecule has 5 nitrogen and oxygen atoms in total. The number of nitrogens with two attached hydrogens (primary N) is 1. The van der Waals surface area contributed by atoms with E-state index in [4.69, 9.17) is 5.73 Å². The van der Waals surface area contributed by atoms with E-state index in [0.29, 0.717) is 32.6 Å². The molecule has 2 heterocycles. The van der Waals surface area contributed by atoms with E-state index in [1.54, 1.807) is 16.7 Å². The van der Waals surface area contributed by atoms with Crippen molar-refractivity contribution in [2.45, 2.75) is 19.4 Å². The fourth-order valence-corrected chi connectivity index (χ4v) is 3.76. The van der Waals surface area contributed by atoms with Gasteiger partial charge in [-0.3, -0.25) is 9.59 Å². The highest BCUT2D eigenvalue weighted by Crippen LogP contribution is 2.18.